The van der Waals surface area contributed by atoms with Gasteiger partial charge in [-0.1, -0.05) is 78.9 Å². The van der Waals surface area contributed by atoms with Crippen molar-refractivity contribution in [2.24, 2.45) is 0 Å². The van der Waals surface area contributed by atoms with Crippen LogP contribution in [-0.4, -0.2) is 0 Å². The number of rotatable bonds is 3. The molecule has 0 fully saturated rings. The Morgan fingerprint density at radius 1 is 0.222 bits per heavy atom. The molecule has 45 heavy (non-hydrogen) atoms. The van der Waals surface area contributed by atoms with Crippen LogP contribution in [-0.2, 0) is 0 Å². The Balaban J connectivity index is 1.07. The second kappa shape index (κ2) is 9.22. The maximum absolute atomic E-state index is 6.29. The molecule has 0 saturated heterocycles. The monoisotopic (exact) mass is 576 g/mol. The van der Waals surface area contributed by atoms with Crippen LogP contribution in [0.25, 0.3) is 99.2 Å². The van der Waals surface area contributed by atoms with Gasteiger partial charge in [-0.05, 0) is 100 Å². The normalized spacial score (nSPS) is 12.0. The largest absolute Gasteiger partial charge is 0.456 e. The summed E-state index contributed by atoms with van der Waals surface area (Å²) >= 11 is 0. The van der Waals surface area contributed by atoms with Crippen molar-refractivity contribution in [3.05, 3.63) is 146 Å². The van der Waals surface area contributed by atoms with Gasteiger partial charge >= 0.3 is 0 Å². The van der Waals surface area contributed by atoms with Crippen LogP contribution >= 0.6 is 0 Å². The predicted octanol–water partition coefficient (Wildman–Crippen LogP) is 12.4. The Morgan fingerprint density at radius 3 is 0.933 bits per heavy atom. The summed E-state index contributed by atoms with van der Waals surface area (Å²) < 4.78 is 18.4. The van der Waals surface area contributed by atoms with Crippen molar-refractivity contribution in [3.63, 3.8) is 0 Å². The maximum atomic E-state index is 6.29. The molecule has 0 atom stereocenters. The Bertz CT molecular complexity index is 2770. The molecule has 0 aliphatic rings. The lowest BCUT2D eigenvalue weighted by atomic mass is 9.96. The van der Waals surface area contributed by atoms with Gasteiger partial charge in [0, 0.05) is 32.3 Å². The van der Waals surface area contributed by atoms with Gasteiger partial charge in [-0.2, -0.15) is 0 Å². The lowest BCUT2D eigenvalue weighted by Crippen LogP contribution is -1.82. The second-order valence-corrected chi connectivity index (χ2v) is 11.7. The Labute approximate surface area is 257 Å². The molecule has 210 valence electrons. The molecule has 0 aliphatic heterocycles. The fourth-order valence-corrected chi connectivity index (χ4v) is 6.83. The van der Waals surface area contributed by atoms with Crippen LogP contribution in [0.15, 0.2) is 159 Å². The van der Waals surface area contributed by atoms with E-state index < -0.39 is 0 Å². The highest BCUT2D eigenvalue weighted by Gasteiger charge is 2.13. The molecular formula is C42H24O3. The molecule has 3 heterocycles. The van der Waals surface area contributed by atoms with E-state index in [2.05, 4.69) is 121 Å². The predicted molar refractivity (Wildman–Crippen MR) is 185 cm³/mol. The Hall–Kier alpha value is -6.06. The lowest BCUT2D eigenvalue weighted by Gasteiger charge is -2.07. The fourth-order valence-electron chi connectivity index (χ4n) is 6.83. The van der Waals surface area contributed by atoms with Gasteiger partial charge in [0.2, 0.25) is 0 Å². The average molecular weight is 577 g/mol. The smallest absolute Gasteiger partial charge is 0.135 e. The molecule has 0 bridgehead atoms. The van der Waals surface area contributed by atoms with Crippen LogP contribution < -0.4 is 0 Å². The van der Waals surface area contributed by atoms with Crippen molar-refractivity contribution in [3.8, 4) is 33.4 Å². The van der Waals surface area contributed by atoms with Gasteiger partial charge in [-0.3, -0.25) is 0 Å². The van der Waals surface area contributed by atoms with E-state index in [1.807, 2.05) is 24.3 Å². The number of hydrogen-bond donors (Lipinski definition) is 0. The highest BCUT2D eigenvalue weighted by atomic mass is 16.3. The molecule has 0 amide bonds. The van der Waals surface area contributed by atoms with Crippen LogP contribution in [0.1, 0.15) is 0 Å². The van der Waals surface area contributed by atoms with Crippen molar-refractivity contribution in [2.75, 3.05) is 0 Å². The van der Waals surface area contributed by atoms with Crippen LogP contribution in [0.3, 0.4) is 0 Å². The van der Waals surface area contributed by atoms with Crippen molar-refractivity contribution in [2.45, 2.75) is 0 Å². The van der Waals surface area contributed by atoms with Crippen molar-refractivity contribution in [1.29, 1.82) is 0 Å². The van der Waals surface area contributed by atoms with Crippen molar-refractivity contribution in [1.82, 2.24) is 0 Å². The Morgan fingerprint density at radius 2 is 0.533 bits per heavy atom. The number of para-hydroxylation sites is 2. The average Bonchev–Trinajstić information content (AvgIpc) is 3.78. The zero-order valence-corrected chi connectivity index (χ0v) is 24.1. The summed E-state index contributed by atoms with van der Waals surface area (Å²) in [5.74, 6) is 0. The quantitative estimate of drug-likeness (QED) is 0.210. The van der Waals surface area contributed by atoms with E-state index in [-0.39, 0.29) is 0 Å². The van der Waals surface area contributed by atoms with Crippen molar-refractivity contribution >= 4 is 65.8 Å². The van der Waals surface area contributed by atoms with Crippen LogP contribution in [0, 0.1) is 0 Å². The van der Waals surface area contributed by atoms with E-state index in [9.17, 15) is 0 Å². The molecule has 3 aromatic heterocycles. The molecule has 0 N–H and O–H groups in total. The molecule has 0 radical (unpaired) electrons. The summed E-state index contributed by atoms with van der Waals surface area (Å²) in [6.07, 6.45) is 0. The van der Waals surface area contributed by atoms with E-state index in [0.29, 0.717) is 0 Å². The molecule has 7 aromatic carbocycles. The molecule has 10 rings (SSSR count). The molecule has 0 saturated carbocycles. The molecule has 3 heteroatoms. The summed E-state index contributed by atoms with van der Waals surface area (Å²) in [4.78, 5) is 0. The minimum Gasteiger partial charge on any atom is -0.456 e. The highest BCUT2D eigenvalue weighted by molar-refractivity contribution is 6.10. The lowest BCUT2D eigenvalue weighted by molar-refractivity contribution is 0.668. The first-order valence-electron chi connectivity index (χ1n) is 15.2. The first-order chi connectivity index (χ1) is 22.2. The zero-order chi connectivity index (χ0) is 29.5. The minimum atomic E-state index is 0.884. The van der Waals surface area contributed by atoms with Crippen molar-refractivity contribution < 1.29 is 13.3 Å². The number of hydrogen-bond acceptors (Lipinski definition) is 3. The van der Waals surface area contributed by atoms with E-state index in [1.165, 1.54) is 5.56 Å². The molecule has 10 aromatic rings. The molecule has 0 unspecified atom stereocenters. The Kier molecular flexibility index (Phi) is 5.00. The first-order valence-corrected chi connectivity index (χ1v) is 15.2. The van der Waals surface area contributed by atoms with Gasteiger partial charge in [0.1, 0.15) is 33.5 Å². The third kappa shape index (κ3) is 3.77. The molecular weight excluding hydrogens is 552 g/mol. The number of furan rings is 3. The second-order valence-electron chi connectivity index (χ2n) is 11.7. The van der Waals surface area contributed by atoms with Gasteiger partial charge in [0.25, 0.3) is 0 Å². The highest BCUT2D eigenvalue weighted by Crippen LogP contribution is 2.38. The van der Waals surface area contributed by atoms with Gasteiger partial charge in [0.15, 0.2) is 0 Å². The molecule has 3 nitrogen and oxygen atoms in total. The standard InChI is InChI=1S/C42H24O3/c1-3-10-37-31(8-1)33-21-27(12-16-39(33)43-37)25-6-5-7-26(20-25)28-13-18-41-35(23-28)36-24-30(15-19-42(36)45-41)29-14-17-40-34(22-29)32-9-2-4-11-38(32)44-40/h1-24H. The summed E-state index contributed by atoms with van der Waals surface area (Å²) in [7, 11) is 0. The summed E-state index contributed by atoms with van der Waals surface area (Å²) in [6.45, 7) is 0. The van der Waals surface area contributed by atoms with Crippen LogP contribution in [0.4, 0.5) is 0 Å². The van der Waals surface area contributed by atoms with Gasteiger partial charge in [-0.25, -0.2) is 0 Å². The summed E-state index contributed by atoms with van der Waals surface area (Å²) in [5.41, 5.74) is 12.3. The van der Waals surface area contributed by atoms with Gasteiger partial charge in [-0.15, -0.1) is 0 Å². The van der Waals surface area contributed by atoms with E-state index in [1.54, 1.807) is 0 Å². The van der Waals surface area contributed by atoms with Crippen LogP contribution in [0.5, 0.6) is 0 Å². The molecule has 0 aliphatic carbocycles. The first kappa shape index (κ1) is 24.4. The van der Waals surface area contributed by atoms with E-state index >= 15 is 0 Å². The fraction of sp³-hybridized carbons (Fsp3) is 0. The SMILES string of the molecule is c1cc(-c2ccc3oc4ccccc4c3c2)cc(-c2ccc3oc4ccc(-c5ccc6oc7ccccc7c6c5)cc4c3c2)c1. The van der Waals surface area contributed by atoms with Gasteiger partial charge < -0.3 is 13.3 Å². The number of fused-ring (bicyclic) bond motifs is 9. The number of benzene rings is 7. The third-order valence-electron chi connectivity index (χ3n) is 9.09. The maximum Gasteiger partial charge on any atom is 0.135 e. The van der Waals surface area contributed by atoms with Crippen LogP contribution in [0.2, 0.25) is 0 Å². The summed E-state index contributed by atoms with van der Waals surface area (Å²) in [5, 5.41) is 6.75. The van der Waals surface area contributed by atoms with E-state index in [4.69, 9.17) is 13.3 Å². The van der Waals surface area contributed by atoms with Gasteiger partial charge in [0.05, 0.1) is 0 Å². The van der Waals surface area contributed by atoms with E-state index in [0.717, 1.165) is 93.6 Å². The summed E-state index contributed by atoms with van der Waals surface area (Å²) in [6, 6.07) is 51.0. The topological polar surface area (TPSA) is 39.4 Å². The minimum absolute atomic E-state index is 0.884. The zero-order valence-electron chi connectivity index (χ0n) is 24.1. The third-order valence-corrected chi connectivity index (χ3v) is 9.09. The molecule has 0 spiro atoms.